The molecule has 0 radical (unpaired) electrons. The molecule has 0 aromatic carbocycles. The fourth-order valence-corrected chi connectivity index (χ4v) is 2.72. The minimum absolute atomic E-state index is 0.0222. The molecule has 3 unspecified atom stereocenters. The van der Waals surface area contributed by atoms with Crippen molar-refractivity contribution in [1.82, 2.24) is 10.6 Å². The molecular formula is C12H24N2O2. The molecule has 3 atom stereocenters. The summed E-state index contributed by atoms with van der Waals surface area (Å²) in [5.41, 5.74) is -0.260. The number of likely N-dealkylation sites (N-methyl/N-ethyl adjacent to an activating group) is 1. The Kier molecular flexibility index (Phi) is 4.74. The zero-order chi connectivity index (χ0) is 12.2. The van der Waals surface area contributed by atoms with Crippen LogP contribution in [0.3, 0.4) is 0 Å². The molecule has 0 bridgehead atoms. The van der Waals surface area contributed by atoms with E-state index in [-0.39, 0.29) is 24.1 Å². The summed E-state index contributed by atoms with van der Waals surface area (Å²) >= 11 is 0. The van der Waals surface area contributed by atoms with E-state index in [4.69, 9.17) is 0 Å². The summed E-state index contributed by atoms with van der Waals surface area (Å²) in [5, 5.41) is 15.5. The number of aliphatic hydroxyl groups excluding tert-OH is 1. The smallest absolute Gasteiger partial charge is 0.236 e. The molecule has 94 valence electrons. The number of hydrogen-bond acceptors (Lipinski definition) is 3. The third-order valence-corrected chi connectivity index (χ3v) is 3.56. The number of rotatable bonds is 4. The van der Waals surface area contributed by atoms with Gasteiger partial charge in [-0.3, -0.25) is 10.1 Å². The van der Waals surface area contributed by atoms with Gasteiger partial charge < -0.3 is 10.4 Å². The van der Waals surface area contributed by atoms with E-state index in [1.54, 1.807) is 7.05 Å². The lowest BCUT2D eigenvalue weighted by Crippen LogP contribution is -2.57. The van der Waals surface area contributed by atoms with E-state index < -0.39 is 0 Å². The molecule has 1 aliphatic rings. The van der Waals surface area contributed by atoms with Crippen LogP contribution in [0.5, 0.6) is 0 Å². The molecule has 1 rings (SSSR count). The zero-order valence-corrected chi connectivity index (χ0v) is 10.5. The topological polar surface area (TPSA) is 61.4 Å². The van der Waals surface area contributed by atoms with E-state index in [1.807, 2.05) is 6.92 Å². The summed E-state index contributed by atoms with van der Waals surface area (Å²) in [6.07, 6.45) is 4.24. The Hall–Kier alpha value is -0.610. The van der Waals surface area contributed by atoms with Gasteiger partial charge in [-0.25, -0.2) is 0 Å². The first kappa shape index (κ1) is 13.5. The maximum atomic E-state index is 11.5. The lowest BCUT2D eigenvalue weighted by molar-refractivity contribution is -0.123. The van der Waals surface area contributed by atoms with E-state index in [2.05, 4.69) is 17.6 Å². The number of carbonyl (C=O) groups is 1. The van der Waals surface area contributed by atoms with Gasteiger partial charge in [0.1, 0.15) is 0 Å². The molecule has 0 aliphatic heterocycles. The van der Waals surface area contributed by atoms with Gasteiger partial charge in [-0.1, -0.05) is 19.8 Å². The average Bonchev–Trinajstić information content (AvgIpc) is 2.27. The minimum Gasteiger partial charge on any atom is -0.394 e. The standard InChI is InChI=1S/C12H24N2O2/c1-9-5-4-6-12(7-9,8-15)14-10(2)11(16)13-3/h9-10,14-15H,4-8H2,1-3H3,(H,13,16). The van der Waals surface area contributed by atoms with Gasteiger partial charge in [0.25, 0.3) is 0 Å². The van der Waals surface area contributed by atoms with Crippen molar-refractivity contribution in [1.29, 1.82) is 0 Å². The van der Waals surface area contributed by atoms with Crippen molar-refractivity contribution in [2.24, 2.45) is 5.92 Å². The van der Waals surface area contributed by atoms with Crippen molar-refractivity contribution in [3.8, 4) is 0 Å². The Labute approximate surface area is 97.8 Å². The Bertz CT molecular complexity index is 245. The van der Waals surface area contributed by atoms with Crippen molar-refractivity contribution >= 4 is 5.91 Å². The summed E-state index contributed by atoms with van der Waals surface area (Å²) < 4.78 is 0. The number of aliphatic hydroxyl groups is 1. The Morgan fingerprint density at radius 3 is 2.81 bits per heavy atom. The minimum atomic E-state index is -0.260. The van der Waals surface area contributed by atoms with E-state index >= 15 is 0 Å². The third-order valence-electron chi connectivity index (χ3n) is 3.56. The number of amides is 1. The molecule has 16 heavy (non-hydrogen) atoms. The normalized spacial score (nSPS) is 32.1. The molecule has 1 aliphatic carbocycles. The van der Waals surface area contributed by atoms with Crippen LogP contribution in [-0.4, -0.2) is 36.2 Å². The lowest BCUT2D eigenvalue weighted by Gasteiger charge is -2.41. The summed E-state index contributed by atoms with van der Waals surface area (Å²) in [7, 11) is 1.63. The monoisotopic (exact) mass is 228 g/mol. The SMILES string of the molecule is CNC(=O)C(C)NC1(CO)CCCC(C)C1. The summed E-state index contributed by atoms with van der Waals surface area (Å²) in [6.45, 7) is 4.16. The van der Waals surface area contributed by atoms with Crippen LogP contribution in [0.15, 0.2) is 0 Å². The van der Waals surface area contributed by atoms with Gasteiger partial charge in [0.15, 0.2) is 0 Å². The third kappa shape index (κ3) is 3.19. The van der Waals surface area contributed by atoms with E-state index in [9.17, 15) is 9.90 Å². The maximum absolute atomic E-state index is 11.5. The van der Waals surface area contributed by atoms with Gasteiger partial charge in [-0.15, -0.1) is 0 Å². The lowest BCUT2D eigenvalue weighted by atomic mass is 9.76. The van der Waals surface area contributed by atoms with E-state index in [0.29, 0.717) is 5.92 Å². The molecule has 4 heteroatoms. The van der Waals surface area contributed by atoms with Gasteiger partial charge >= 0.3 is 0 Å². The average molecular weight is 228 g/mol. The molecule has 1 saturated carbocycles. The molecular weight excluding hydrogens is 204 g/mol. The van der Waals surface area contributed by atoms with E-state index in [0.717, 1.165) is 19.3 Å². The van der Waals surface area contributed by atoms with Crippen LogP contribution in [0.2, 0.25) is 0 Å². The number of nitrogens with one attached hydrogen (secondary N) is 2. The molecule has 0 aromatic rings. The van der Waals surface area contributed by atoms with E-state index in [1.165, 1.54) is 6.42 Å². The number of hydrogen-bond donors (Lipinski definition) is 3. The predicted molar refractivity (Wildman–Crippen MR) is 64.1 cm³/mol. The van der Waals surface area contributed by atoms with Crippen LogP contribution in [0.1, 0.15) is 39.5 Å². The van der Waals surface area contributed by atoms with Crippen LogP contribution in [-0.2, 0) is 4.79 Å². The highest BCUT2D eigenvalue weighted by molar-refractivity contribution is 5.81. The molecule has 3 N–H and O–H groups in total. The van der Waals surface area contributed by atoms with Gasteiger partial charge in [0.05, 0.1) is 12.6 Å². The largest absolute Gasteiger partial charge is 0.394 e. The molecule has 0 spiro atoms. The Balaban J connectivity index is 2.62. The molecule has 0 aromatic heterocycles. The Morgan fingerprint density at radius 1 is 1.62 bits per heavy atom. The first-order valence-corrected chi connectivity index (χ1v) is 6.13. The first-order chi connectivity index (χ1) is 7.53. The van der Waals surface area contributed by atoms with Crippen LogP contribution >= 0.6 is 0 Å². The van der Waals surface area contributed by atoms with Crippen molar-refractivity contribution in [2.75, 3.05) is 13.7 Å². The zero-order valence-electron chi connectivity index (χ0n) is 10.5. The second-order valence-corrected chi connectivity index (χ2v) is 5.12. The molecule has 1 amide bonds. The quantitative estimate of drug-likeness (QED) is 0.662. The highest BCUT2D eigenvalue weighted by Crippen LogP contribution is 2.32. The van der Waals surface area contributed by atoms with Crippen molar-refractivity contribution in [2.45, 2.75) is 51.1 Å². The van der Waals surface area contributed by atoms with Crippen molar-refractivity contribution in [3.05, 3.63) is 0 Å². The fraction of sp³-hybridized carbons (Fsp3) is 0.917. The molecule has 0 saturated heterocycles. The second-order valence-electron chi connectivity index (χ2n) is 5.12. The van der Waals surface area contributed by atoms with Gasteiger partial charge in [0.2, 0.25) is 5.91 Å². The van der Waals surface area contributed by atoms with Crippen LogP contribution < -0.4 is 10.6 Å². The molecule has 4 nitrogen and oxygen atoms in total. The first-order valence-electron chi connectivity index (χ1n) is 6.13. The number of carbonyl (C=O) groups excluding carboxylic acids is 1. The van der Waals surface area contributed by atoms with Crippen LogP contribution in [0.25, 0.3) is 0 Å². The summed E-state index contributed by atoms with van der Waals surface area (Å²) in [6, 6.07) is -0.248. The highest BCUT2D eigenvalue weighted by Gasteiger charge is 2.36. The highest BCUT2D eigenvalue weighted by atomic mass is 16.3. The van der Waals surface area contributed by atoms with Crippen LogP contribution in [0.4, 0.5) is 0 Å². The Morgan fingerprint density at radius 2 is 2.31 bits per heavy atom. The van der Waals surface area contributed by atoms with Crippen molar-refractivity contribution < 1.29 is 9.90 Å². The molecule has 0 heterocycles. The predicted octanol–water partition coefficient (Wildman–Crippen LogP) is 0.652. The van der Waals surface area contributed by atoms with Crippen LogP contribution in [0, 0.1) is 5.92 Å². The van der Waals surface area contributed by atoms with Crippen molar-refractivity contribution in [3.63, 3.8) is 0 Å². The second kappa shape index (κ2) is 5.64. The summed E-state index contributed by atoms with van der Waals surface area (Å²) in [4.78, 5) is 11.5. The maximum Gasteiger partial charge on any atom is 0.236 e. The van der Waals surface area contributed by atoms with Gasteiger partial charge in [-0.05, 0) is 25.7 Å². The fourth-order valence-electron chi connectivity index (χ4n) is 2.72. The van der Waals surface area contributed by atoms with Gasteiger partial charge in [-0.2, -0.15) is 0 Å². The summed E-state index contributed by atoms with van der Waals surface area (Å²) in [5.74, 6) is 0.594. The molecule has 1 fully saturated rings. The van der Waals surface area contributed by atoms with Gasteiger partial charge in [0, 0.05) is 12.6 Å².